The third-order valence-electron chi connectivity index (χ3n) is 3.96. The highest BCUT2D eigenvalue weighted by atomic mass is 32.1. The maximum atomic E-state index is 12.8. The van der Waals surface area contributed by atoms with Crippen LogP contribution in [-0.2, 0) is 13.1 Å². The lowest BCUT2D eigenvalue weighted by molar-refractivity contribution is 0.0757. The summed E-state index contributed by atoms with van der Waals surface area (Å²) in [4.78, 5) is 15.3. The summed E-state index contributed by atoms with van der Waals surface area (Å²) in [6, 6.07) is 16.1. The summed E-state index contributed by atoms with van der Waals surface area (Å²) in [7, 11) is 0. The molecule has 2 aromatic carbocycles. The zero-order valence-electron chi connectivity index (χ0n) is 11.4. The number of thiophene rings is 1. The van der Waals surface area contributed by atoms with Gasteiger partial charge in [0.25, 0.3) is 5.91 Å². The number of amides is 1. The molecule has 0 unspecified atom stereocenters. The van der Waals surface area contributed by atoms with Crippen LogP contribution in [0, 0.1) is 0 Å². The lowest BCUT2D eigenvalue weighted by Crippen LogP contribution is -2.25. The Morgan fingerprint density at radius 2 is 1.62 bits per heavy atom. The van der Waals surface area contributed by atoms with Gasteiger partial charge >= 0.3 is 0 Å². The average Bonchev–Trinajstić information content (AvgIpc) is 3.08. The van der Waals surface area contributed by atoms with Gasteiger partial charge in [-0.05, 0) is 17.2 Å². The fraction of sp³-hybridized carbons (Fsp3) is 0.118. The summed E-state index contributed by atoms with van der Waals surface area (Å²) >= 11 is 1.48. The molecule has 0 saturated heterocycles. The number of rotatable bonds is 1. The third-order valence-corrected chi connectivity index (χ3v) is 5.13. The molecule has 0 bridgehead atoms. The van der Waals surface area contributed by atoms with E-state index in [4.69, 9.17) is 5.73 Å². The van der Waals surface area contributed by atoms with Crippen LogP contribution in [0.4, 0.5) is 5.69 Å². The molecule has 1 amide bonds. The molecule has 3 nitrogen and oxygen atoms in total. The van der Waals surface area contributed by atoms with Crippen molar-refractivity contribution in [2.24, 2.45) is 0 Å². The number of anilines is 1. The highest BCUT2D eigenvalue weighted by Crippen LogP contribution is 2.35. The molecule has 0 atom stereocenters. The van der Waals surface area contributed by atoms with Crippen molar-refractivity contribution in [3.8, 4) is 0 Å². The Morgan fingerprint density at radius 3 is 2.29 bits per heavy atom. The van der Waals surface area contributed by atoms with Gasteiger partial charge in [-0.2, -0.15) is 0 Å². The zero-order valence-corrected chi connectivity index (χ0v) is 12.2. The van der Waals surface area contributed by atoms with Gasteiger partial charge in [0.15, 0.2) is 0 Å². The Morgan fingerprint density at radius 1 is 1.00 bits per heavy atom. The first-order valence-electron chi connectivity index (χ1n) is 6.87. The largest absolute Gasteiger partial charge is 0.397 e. The van der Waals surface area contributed by atoms with Gasteiger partial charge in [-0.3, -0.25) is 4.79 Å². The predicted molar refractivity (Wildman–Crippen MR) is 86.3 cm³/mol. The molecule has 104 valence electrons. The van der Waals surface area contributed by atoms with Crippen molar-refractivity contribution in [2.45, 2.75) is 13.1 Å². The van der Waals surface area contributed by atoms with E-state index in [-0.39, 0.29) is 5.91 Å². The maximum absolute atomic E-state index is 12.8. The number of hydrogen-bond donors (Lipinski definition) is 1. The van der Waals surface area contributed by atoms with E-state index in [2.05, 4.69) is 12.1 Å². The van der Waals surface area contributed by atoms with Crippen molar-refractivity contribution >= 4 is 33.0 Å². The SMILES string of the molecule is Nc1c(C(=O)N2Cc3ccccc3C2)sc2ccccc12. The van der Waals surface area contributed by atoms with Gasteiger partial charge in [0.05, 0.1) is 5.69 Å². The normalized spacial score (nSPS) is 13.6. The van der Waals surface area contributed by atoms with Crippen molar-refractivity contribution in [1.29, 1.82) is 0 Å². The predicted octanol–water partition coefficient (Wildman–Crippen LogP) is 3.64. The molecule has 0 saturated carbocycles. The van der Waals surface area contributed by atoms with Gasteiger partial charge in [0, 0.05) is 23.2 Å². The van der Waals surface area contributed by atoms with Crippen LogP contribution < -0.4 is 5.73 Å². The molecule has 1 aliphatic heterocycles. The molecule has 3 aromatic rings. The molecule has 0 radical (unpaired) electrons. The first kappa shape index (κ1) is 12.4. The van der Waals surface area contributed by atoms with Crippen molar-refractivity contribution in [1.82, 2.24) is 4.90 Å². The number of nitrogens with zero attached hydrogens (tertiary/aromatic N) is 1. The zero-order chi connectivity index (χ0) is 14.4. The lowest BCUT2D eigenvalue weighted by Gasteiger charge is -2.14. The summed E-state index contributed by atoms with van der Waals surface area (Å²) in [5.41, 5.74) is 9.24. The fourth-order valence-electron chi connectivity index (χ4n) is 2.84. The van der Waals surface area contributed by atoms with Crippen molar-refractivity contribution in [2.75, 3.05) is 5.73 Å². The number of nitrogens with two attached hydrogens (primary N) is 1. The quantitative estimate of drug-likeness (QED) is 0.745. The molecule has 2 N–H and O–H groups in total. The van der Waals surface area contributed by atoms with Gasteiger partial charge in [0.2, 0.25) is 0 Å². The summed E-state index contributed by atoms with van der Waals surface area (Å²) in [6.07, 6.45) is 0. The van der Waals surface area contributed by atoms with Crippen LogP contribution in [0.2, 0.25) is 0 Å². The topological polar surface area (TPSA) is 46.3 Å². The number of carbonyl (C=O) groups excluding carboxylic acids is 1. The number of hydrogen-bond acceptors (Lipinski definition) is 3. The van der Waals surface area contributed by atoms with Crippen LogP contribution in [0.5, 0.6) is 0 Å². The minimum absolute atomic E-state index is 0.0323. The first-order chi connectivity index (χ1) is 10.2. The van der Waals surface area contributed by atoms with Crippen molar-refractivity contribution < 1.29 is 4.79 Å². The summed E-state index contributed by atoms with van der Waals surface area (Å²) < 4.78 is 1.06. The number of nitrogen functional groups attached to an aromatic ring is 1. The van der Waals surface area contributed by atoms with Gasteiger partial charge in [-0.1, -0.05) is 42.5 Å². The van der Waals surface area contributed by atoms with Crippen molar-refractivity contribution in [3.63, 3.8) is 0 Å². The van der Waals surface area contributed by atoms with Gasteiger partial charge in [-0.15, -0.1) is 11.3 Å². The van der Waals surface area contributed by atoms with Crippen LogP contribution in [0.1, 0.15) is 20.8 Å². The van der Waals surface area contributed by atoms with Crippen molar-refractivity contribution in [3.05, 3.63) is 64.5 Å². The van der Waals surface area contributed by atoms with E-state index >= 15 is 0 Å². The Balaban J connectivity index is 1.71. The Labute approximate surface area is 126 Å². The van der Waals surface area contributed by atoms with Crippen LogP contribution in [0.3, 0.4) is 0 Å². The standard InChI is InChI=1S/C17H14N2OS/c18-15-13-7-3-4-8-14(13)21-16(15)17(20)19-9-11-5-1-2-6-12(11)10-19/h1-8H,9-10,18H2. The van der Waals surface area contributed by atoms with Crippen LogP contribution >= 0.6 is 11.3 Å². The van der Waals surface area contributed by atoms with E-state index in [1.165, 1.54) is 22.5 Å². The molecule has 0 fully saturated rings. The molecule has 1 aliphatic rings. The third kappa shape index (κ3) is 1.91. The van der Waals surface area contributed by atoms with Gasteiger partial charge in [0.1, 0.15) is 4.88 Å². The Hall–Kier alpha value is -2.33. The van der Waals surface area contributed by atoms with E-state index in [1.807, 2.05) is 41.3 Å². The smallest absolute Gasteiger partial charge is 0.266 e. The molecule has 0 spiro atoms. The molecule has 4 rings (SSSR count). The molecule has 2 heterocycles. The second kappa shape index (κ2) is 4.60. The summed E-state index contributed by atoms with van der Waals surface area (Å²) in [5, 5.41) is 0.975. The van der Waals surface area contributed by atoms with Gasteiger partial charge in [-0.25, -0.2) is 0 Å². The molecule has 0 aliphatic carbocycles. The highest BCUT2D eigenvalue weighted by molar-refractivity contribution is 7.21. The molecule has 1 aromatic heterocycles. The fourth-order valence-corrected chi connectivity index (χ4v) is 3.94. The van der Waals surface area contributed by atoms with E-state index in [9.17, 15) is 4.79 Å². The van der Waals surface area contributed by atoms with Crippen LogP contribution in [0.15, 0.2) is 48.5 Å². The van der Waals surface area contributed by atoms with E-state index in [0.717, 1.165) is 10.1 Å². The maximum Gasteiger partial charge on any atom is 0.266 e. The summed E-state index contributed by atoms with van der Waals surface area (Å²) in [5.74, 6) is 0.0323. The monoisotopic (exact) mass is 294 g/mol. The minimum atomic E-state index is 0.0323. The van der Waals surface area contributed by atoms with Gasteiger partial charge < -0.3 is 10.6 Å². The highest BCUT2D eigenvalue weighted by Gasteiger charge is 2.27. The summed E-state index contributed by atoms with van der Waals surface area (Å²) in [6.45, 7) is 1.34. The van der Waals surface area contributed by atoms with E-state index in [1.54, 1.807) is 0 Å². The van der Waals surface area contributed by atoms with Crippen LogP contribution in [-0.4, -0.2) is 10.8 Å². The molecular weight excluding hydrogens is 280 g/mol. The Kier molecular flexibility index (Phi) is 2.72. The average molecular weight is 294 g/mol. The molecular formula is C17H14N2OS. The second-order valence-electron chi connectivity index (χ2n) is 5.27. The minimum Gasteiger partial charge on any atom is -0.397 e. The second-order valence-corrected chi connectivity index (χ2v) is 6.32. The molecule has 4 heteroatoms. The number of fused-ring (bicyclic) bond motifs is 2. The lowest BCUT2D eigenvalue weighted by atomic mass is 10.1. The number of benzene rings is 2. The molecule has 21 heavy (non-hydrogen) atoms. The first-order valence-corrected chi connectivity index (χ1v) is 7.69. The number of carbonyl (C=O) groups is 1. The van der Waals surface area contributed by atoms with E-state index in [0.29, 0.717) is 23.7 Å². The Bertz CT molecular complexity index is 828. The van der Waals surface area contributed by atoms with Crippen LogP contribution in [0.25, 0.3) is 10.1 Å². The van der Waals surface area contributed by atoms with E-state index < -0.39 is 0 Å².